The van der Waals surface area contributed by atoms with Crippen LogP contribution in [-0.4, -0.2) is 31.5 Å². The maximum atomic E-state index is 12.8. The van der Waals surface area contributed by atoms with Crippen LogP contribution in [0.3, 0.4) is 0 Å². The zero-order valence-electron chi connectivity index (χ0n) is 16.4. The molecule has 3 aromatic rings. The lowest BCUT2D eigenvalue weighted by Gasteiger charge is -2.20. The molecule has 2 aliphatic heterocycles. The van der Waals surface area contributed by atoms with E-state index < -0.39 is 5.91 Å². The third-order valence-electron chi connectivity index (χ3n) is 5.01. The van der Waals surface area contributed by atoms with Crippen LogP contribution in [0, 0.1) is 12.3 Å². The van der Waals surface area contributed by atoms with Crippen molar-refractivity contribution in [2.45, 2.75) is 6.92 Å². The lowest BCUT2D eigenvalue weighted by molar-refractivity contribution is -0.114. The molecule has 0 atom stereocenters. The summed E-state index contributed by atoms with van der Waals surface area (Å²) in [6.07, 6.45) is 3.56. The van der Waals surface area contributed by atoms with Crippen molar-refractivity contribution in [3.05, 3.63) is 94.3 Å². The minimum Gasteiger partial charge on any atom is -0.317 e. The number of amidine groups is 2. The molecule has 152 valence electrons. The maximum Gasteiger partial charge on any atom is 0.283 e. The summed E-state index contributed by atoms with van der Waals surface area (Å²) < 4.78 is 1.92. The van der Waals surface area contributed by atoms with E-state index >= 15 is 0 Å². The molecule has 2 aromatic carbocycles. The second-order valence-corrected chi connectivity index (χ2v) is 8.41. The van der Waals surface area contributed by atoms with Gasteiger partial charge < -0.3 is 4.57 Å². The van der Waals surface area contributed by atoms with Gasteiger partial charge >= 0.3 is 0 Å². The number of nitrogens with one attached hydrogen (secondary N) is 1. The van der Waals surface area contributed by atoms with Gasteiger partial charge in [-0.3, -0.25) is 10.2 Å². The van der Waals surface area contributed by atoms with E-state index in [1.165, 1.54) is 16.8 Å². The number of hydrazone groups is 1. The first-order valence-corrected chi connectivity index (χ1v) is 10.7. The molecule has 5 rings (SSSR count). The van der Waals surface area contributed by atoms with E-state index in [9.17, 15) is 4.79 Å². The Bertz CT molecular complexity index is 1320. The average molecular weight is 446 g/mol. The summed E-state index contributed by atoms with van der Waals surface area (Å²) in [5.41, 5.74) is 3.88. The average Bonchev–Trinajstić information content (AvgIpc) is 3.39. The number of aromatic nitrogens is 1. The summed E-state index contributed by atoms with van der Waals surface area (Å²) in [6, 6.07) is 19.0. The van der Waals surface area contributed by atoms with Crippen molar-refractivity contribution in [2.75, 3.05) is 0 Å². The molecule has 31 heavy (non-hydrogen) atoms. The molecule has 1 aromatic heterocycles. The topological polar surface area (TPSA) is 73.8 Å². The minimum absolute atomic E-state index is 0.00920. The fourth-order valence-corrected chi connectivity index (χ4v) is 4.52. The van der Waals surface area contributed by atoms with E-state index in [1.807, 2.05) is 66.2 Å². The number of fused-ring (bicyclic) bond motifs is 1. The lowest BCUT2D eigenvalue weighted by atomic mass is 10.1. The molecule has 0 aliphatic carbocycles. The summed E-state index contributed by atoms with van der Waals surface area (Å²) in [5, 5.41) is 16.4. The number of halogens is 1. The predicted octanol–water partition coefficient (Wildman–Crippen LogP) is 5.11. The molecule has 0 unspecified atom stereocenters. The van der Waals surface area contributed by atoms with E-state index in [0.29, 0.717) is 10.2 Å². The number of carbonyl (C=O) groups is 1. The predicted molar refractivity (Wildman–Crippen MR) is 126 cm³/mol. The van der Waals surface area contributed by atoms with Crippen LogP contribution in [-0.2, 0) is 4.79 Å². The smallest absolute Gasteiger partial charge is 0.283 e. The number of rotatable bonds is 3. The molecular formula is C23H16ClN5OS. The molecule has 6 nitrogen and oxygen atoms in total. The zero-order valence-corrected chi connectivity index (χ0v) is 18.0. The Labute approximate surface area is 188 Å². The molecule has 0 radical (unpaired) electrons. The first-order valence-electron chi connectivity index (χ1n) is 9.51. The number of nitrogens with zero attached hydrogens (tertiary/aromatic N) is 4. The van der Waals surface area contributed by atoms with Gasteiger partial charge in [-0.25, -0.2) is 0 Å². The lowest BCUT2D eigenvalue weighted by Crippen LogP contribution is -2.35. The van der Waals surface area contributed by atoms with Gasteiger partial charge in [-0.15, -0.1) is 0 Å². The Balaban J connectivity index is 1.51. The number of aryl methyl sites for hydroxylation is 1. The van der Waals surface area contributed by atoms with Crippen molar-refractivity contribution in [1.82, 2.24) is 9.58 Å². The maximum absolute atomic E-state index is 12.8. The fourth-order valence-electron chi connectivity index (χ4n) is 3.41. The Morgan fingerprint density at radius 3 is 2.61 bits per heavy atom. The summed E-state index contributed by atoms with van der Waals surface area (Å²) in [4.78, 5) is 17.0. The standard InChI is InChI=1S/C23H16ClN5OS/c1-14-5-2-3-7-18(14)22-27-29-20(25)19(21(30)26-23(29)31-22)13-17-6-4-12-28(17)16-10-8-15(24)9-11-16/h2-13,25H,1H3/b19-13-,25-20?. The van der Waals surface area contributed by atoms with Crippen molar-refractivity contribution < 1.29 is 4.79 Å². The largest absolute Gasteiger partial charge is 0.317 e. The molecule has 3 heterocycles. The van der Waals surface area contributed by atoms with E-state index in [4.69, 9.17) is 17.0 Å². The third-order valence-corrected chi connectivity index (χ3v) is 6.20. The Kier molecular flexibility index (Phi) is 4.84. The van der Waals surface area contributed by atoms with Crippen LogP contribution in [0.15, 0.2) is 82.5 Å². The number of carbonyl (C=O) groups excluding carboxylic acids is 1. The molecule has 2 aliphatic rings. The molecule has 0 saturated carbocycles. The van der Waals surface area contributed by atoms with Crippen molar-refractivity contribution in [3.63, 3.8) is 0 Å². The quantitative estimate of drug-likeness (QED) is 0.569. The van der Waals surface area contributed by atoms with Crippen molar-refractivity contribution in [2.24, 2.45) is 10.1 Å². The van der Waals surface area contributed by atoms with Crippen LogP contribution in [0.1, 0.15) is 16.8 Å². The molecule has 8 heteroatoms. The highest BCUT2D eigenvalue weighted by Crippen LogP contribution is 2.32. The van der Waals surface area contributed by atoms with Crippen molar-refractivity contribution >= 4 is 51.4 Å². The minimum atomic E-state index is -0.450. The van der Waals surface area contributed by atoms with Gasteiger partial charge in [0.25, 0.3) is 5.91 Å². The number of hydrogen-bond donors (Lipinski definition) is 1. The number of aliphatic imine (C=N–C) groups is 1. The second-order valence-electron chi connectivity index (χ2n) is 7.02. The van der Waals surface area contributed by atoms with E-state index in [1.54, 1.807) is 18.2 Å². The van der Waals surface area contributed by atoms with Crippen molar-refractivity contribution in [3.8, 4) is 5.69 Å². The van der Waals surface area contributed by atoms with Crippen LogP contribution in [0.4, 0.5) is 0 Å². The van der Waals surface area contributed by atoms with Crippen LogP contribution >= 0.6 is 23.4 Å². The molecular weight excluding hydrogens is 430 g/mol. The Morgan fingerprint density at radius 1 is 1.06 bits per heavy atom. The van der Waals surface area contributed by atoms with Crippen LogP contribution in [0.5, 0.6) is 0 Å². The molecule has 0 spiro atoms. The highest BCUT2D eigenvalue weighted by atomic mass is 35.5. The zero-order chi connectivity index (χ0) is 21.5. The van der Waals surface area contributed by atoms with E-state index in [0.717, 1.165) is 27.6 Å². The van der Waals surface area contributed by atoms with Gasteiger partial charge in [-0.2, -0.15) is 15.1 Å². The summed E-state index contributed by atoms with van der Waals surface area (Å²) in [6.45, 7) is 2.00. The van der Waals surface area contributed by atoms with Crippen LogP contribution < -0.4 is 0 Å². The van der Waals surface area contributed by atoms with Gasteiger partial charge in [0.1, 0.15) is 5.04 Å². The summed E-state index contributed by atoms with van der Waals surface area (Å²) in [5.74, 6) is -0.441. The second kappa shape index (κ2) is 7.68. The van der Waals surface area contributed by atoms with Gasteiger partial charge in [0.2, 0.25) is 5.17 Å². The Hall–Kier alpha value is -3.42. The van der Waals surface area contributed by atoms with E-state index in [2.05, 4.69) is 10.1 Å². The van der Waals surface area contributed by atoms with Gasteiger partial charge in [0, 0.05) is 28.2 Å². The molecule has 1 amide bonds. The molecule has 0 saturated heterocycles. The molecule has 0 fully saturated rings. The fraction of sp³-hybridized carbons (Fsp3) is 0.0435. The highest BCUT2D eigenvalue weighted by Gasteiger charge is 2.36. The first kappa shape index (κ1) is 19.5. The molecule has 1 N–H and O–H groups in total. The third kappa shape index (κ3) is 3.52. The Morgan fingerprint density at radius 2 is 1.84 bits per heavy atom. The van der Waals surface area contributed by atoms with Crippen molar-refractivity contribution in [1.29, 1.82) is 5.41 Å². The monoisotopic (exact) mass is 445 g/mol. The summed E-state index contributed by atoms with van der Waals surface area (Å²) >= 11 is 7.30. The normalized spacial score (nSPS) is 17.1. The molecule has 0 bridgehead atoms. The van der Waals surface area contributed by atoms with Gasteiger partial charge in [0.05, 0.1) is 5.57 Å². The number of amides is 1. The number of thioether (sulfide) groups is 1. The van der Waals surface area contributed by atoms with Gasteiger partial charge in [-0.05, 0) is 66.7 Å². The number of benzene rings is 2. The van der Waals surface area contributed by atoms with Gasteiger partial charge in [0.15, 0.2) is 5.84 Å². The first-order chi connectivity index (χ1) is 15.0. The van der Waals surface area contributed by atoms with Crippen LogP contribution in [0.25, 0.3) is 11.8 Å². The van der Waals surface area contributed by atoms with Crippen LogP contribution in [0.2, 0.25) is 5.02 Å². The highest BCUT2D eigenvalue weighted by molar-refractivity contribution is 8.27. The number of hydrogen-bond acceptors (Lipinski definition) is 4. The van der Waals surface area contributed by atoms with E-state index in [-0.39, 0.29) is 11.4 Å². The summed E-state index contributed by atoms with van der Waals surface area (Å²) in [7, 11) is 0. The van der Waals surface area contributed by atoms with Gasteiger partial charge in [-0.1, -0.05) is 35.9 Å². The SMILES string of the molecule is Cc1ccccc1C1=NN2C(=N)/C(=C/c3cccn3-c3ccc(Cl)cc3)C(=O)N=C2S1.